The minimum absolute atomic E-state index is 0.0620. The average Bonchev–Trinajstić information content (AvgIpc) is 3.14. The van der Waals surface area contributed by atoms with Crippen molar-refractivity contribution < 1.29 is 31.1 Å². The van der Waals surface area contributed by atoms with Crippen LogP contribution in [0.1, 0.15) is 32.6 Å². The van der Waals surface area contributed by atoms with Crippen molar-refractivity contribution in [2.45, 2.75) is 25.4 Å². The Morgan fingerprint density at radius 1 is 0.886 bits per heavy atom. The third-order valence-electron chi connectivity index (χ3n) is 5.53. The Morgan fingerprint density at radius 2 is 1.51 bits per heavy atom. The molecule has 2 aromatic heterocycles. The molecule has 35 heavy (non-hydrogen) atoms. The van der Waals surface area contributed by atoms with Gasteiger partial charge in [0.05, 0.1) is 16.7 Å². The predicted octanol–water partition coefficient (Wildman–Crippen LogP) is 6.45. The Hall–Kier alpha value is -3.82. The normalized spacial score (nSPS) is 12.2. The number of aryl methyl sites for hydroxylation is 1. The highest BCUT2D eigenvalue weighted by molar-refractivity contribution is 6.06. The molecule has 0 aliphatic heterocycles. The number of halogens is 6. The first-order valence-electron chi connectivity index (χ1n) is 10.4. The van der Waals surface area contributed by atoms with Crippen molar-refractivity contribution in [1.82, 2.24) is 14.5 Å². The number of carbonyl (C=O) groups excluding carboxylic acids is 1. The third kappa shape index (κ3) is 5.31. The predicted molar refractivity (Wildman–Crippen MR) is 117 cm³/mol. The second-order valence-corrected chi connectivity index (χ2v) is 8.11. The summed E-state index contributed by atoms with van der Waals surface area (Å²) in [5, 5.41) is 0.621. The number of fused-ring (bicyclic) bond motifs is 1. The average molecular weight is 491 g/mol. The smallest absolute Gasteiger partial charge is 0.350 e. The SMILES string of the molecule is Cn1cc(C(=O)N(Cc2cccnc2)Cc2cc(C(F)(F)F)cc(C(F)(F)F)c2)c2ccccc21. The first-order chi connectivity index (χ1) is 16.4. The van der Waals surface area contributed by atoms with Crippen LogP contribution in [0.3, 0.4) is 0 Å². The topological polar surface area (TPSA) is 38.1 Å². The highest BCUT2D eigenvalue weighted by Gasteiger charge is 2.37. The first-order valence-corrected chi connectivity index (χ1v) is 10.4. The van der Waals surface area contributed by atoms with Gasteiger partial charge in [-0.25, -0.2) is 0 Å². The molecule has 182 valence electrons. The molecule has 0 radical (unpaired) electrons. The fourth-order valence-electron chi connectivity index (χ4n) is 3.93. The Labute approximate surface area is 196 Å². The lowest BCUT2D eigenvalue weighted by molar-refractivity contribution is -0.143. The fourth-order valence-corrected chi connectivity index (χ4v) is 3.93. The van der Waals surface area contributed by atoms with Gasteiger partial charge in [0.2, 0.25) is 0 Å². The zero-order valence-corrected chi connectivity index (χ0v) is 18.4. The molecule has 0 aliphatic carbocycles. The zero-order chi connectivity index (χ0) is 25.4. The number of hydrogen-bond donors (Lipinski definition) is 0. The number of benzene rings is 2. The summed E-state index contributed by atoms with van der Waals surface area (Å²) in [6, 6.07) is 11.7. The minimum atomic E-state index is -4.98. The molecule has 1 amide bonds. The first kappa shape index (κ1) is 24.3. The van der Waals surface area contributed by atoms with Crippen LogP contribution in [0.5, 0.6) is 0 Å². The summed E-state index contributed by atoms with van der Waals surface area (Å²) in [5.41, 5.74) is -1.53. The maximum absolute atomic E-state index is 13.6. The van der Waals surface area contributed by atoms with Crippen LogP contribution in [0.2, 0.25) is 0 Å². The van der Waals surface area contributed by atoms with E-state index in [0.717, 1.165) is 5.52 Å². The zero-order valence-electron chi connectivity index (χ0n) is 18.4. The number of alkyl halides is 6. The van der Waals surface area contributed by atoms with Crippen LogP contribution in [-0.4, -0.2) is 20.4 Å². The molecular formula is C25H19F6N3O. The van der Waals surface area contributed by atoms with Crippen LogP contribution in [0.25, 0.3) is 10.9 Å². The van der Waals surface area contributed by atoms with E-state index in [9.17, 15) is 31.1 Å². The van der Waals surface area contributed by atoms with E-state index >= 15 is 0 Å². The molecule has 0 unspecified atom stereocenters. The summed E-state index contributed by atoms with van der Waals surface area (Å²) >= 11 is 0. The van der Waals surface area contributed by atoms with Gasteiger partial charge in [-0.2, -0.15) is 26.3 Å². The van der Waals surface area contributed by atoms with Crippen molar-refractivity contribution in [1.29, 1.82) is 0 Å². The second kappa shape index (κ2) is 9.09. The van der Waals surface area contributed by atoms with Gasteiger partial charge in [-0.3, -0.25) is 9.78 Å². The minimum Gasteiger partial charge on any atom is -0.350 e. The van der Waals surface area contributed by atoms with Crippen molar-refractivity contribution in [3.63, 3.8) is 0 Å². The van der Waals surface area contributed by atoms with Gasteiger partial charge in [-0.1, -0.05) is 24.3 Å². The summed E-state index contributed by atoms with van der Waals surface area (Å²) in [6.45, 7) is -0.530. The summed E-state index contributed by atoms with van der Waals surface area (Å²) < 4.78 is 81.9. The van der Waals surface area contributed by atoms with Crippen molar-refractivity contribution in [3.05, 3.63) is 101 Å². The molecular weight excluding hydrogens is 472 g/mol. The van der Waals surface area contributed by atoms with Gasteiger partial charge < -0.3 is 9.47 Å². The molecule has 0 saturated carbocycles. The van der Waals surface area contributed by atoms with Gasteiger partial charge in [0.1, 0.15) is 0 Å². The molecule has 4 nitrogen and oxygen atoms in total. The maximum atomic E-state index is 13.6. The molecule has 0 fully saturated rings. The summed E-state index contributed by atoms with van der Waals surface area (Å²) in [6.07, 6.45) is -5.37. The second-order valence-electron chi connectivity index (χ2n) is 8.11. The standard InChI is InChI=1S/C25H19F6N3O/c1-33-15-21(20-6-2-3-7-22(20)33)23(35)34(13-16-5-4-8-32-12-16)14-17-9-18(24(26,27)28)11-19(10-17)25(29,30)31/h2-12,15H,13-14H2,1H3. The lowest BCUT2D eigenvalue weighted by Crippen LogP contribution is -2.30. The Morgan fingerprint density at radius 3 is 2.11 bits per heavy atom. The van der Waals surface area contributed by atoms with Crippen molar-refractivity contribution >= 4 is 16.8 Å². The van der Waals surface area contributed by atoms with Gasteiger partial charge in [-0.05, 0) is 41.5 Å². The van der Waals surface area contributed by atoms with E-state index in [1.807, 2.05) is 0 Å². The molecule has 10 heteroatoms. The number of carbonyl (C=O) groups is 1. The van der Waals surface area contributed by atoms with E-state index in [1.54, 1.807) is 54.2 Å². The fraction of sp³-hybridized carbons (Fsp3) is 0.200. The number of nitrogens with zero attached hydrogens (tertiary/aromatic N) is 3. The highest BCUT2D eigenvalue weighted by atomic mass is 19.4. The molecule has 0 aliphatic rings. The van der Waals surface area contributed by atoms with Crippen LogP contribution in [0.15, 0.2) is 73.2 Å². The number of pyridine rings is 1. The lowest BCUT2D eigenvalue weighted by Gasteiger charge is -2.24. The molecule has 2 aromatic carbocycles. The molecule has 0 bridgehead atoms. The molecule has 0 N–H and O–H groups in total. The summed E-state index contributed by atoms with van der Waals surface area (Å²) in [7, 11) is 1.74. The van der Waals surface area contributed by atoms with Crippen molar-refractivity contribution in [2.75, 3.05) is 0 Å². The number of amides is 1. The monoisotopic (exact) mass is 491 g/mol. The Kier molecular flexibility index (Phi) is 6.31. The Bertz CT molecular complexity index is 1330. The van der Waals surface area contributed by atoms with E-state index in [1.165, 1.54) is 17.3 Å². The molecule has 4 aromatic rings. The van der Waals surface area contributed by atoms with E-state index < -0.39 is 35.9 Å². The largest absolute Gasteiger partial charge is 0.416 e. The quantitative estimate of drug-likeness (QED) is 0.301. The maximum Gasteiger partial charge on any atom is 0.416 e. The van der Waals surface area contributed by atoms with Gasteiger partial charge in [-0.15, -0.1) is 0 Å². The lowest BCUT2D eigenvalue weighted by atomic mass is 10.0. The number of rotatable bonds is 5. The highest BCUT2D eigenvalue weighted by Crippen LogP contribution is 2.37. The van der Waals surface area contributed by atoms with Crippen molar-refractivity contribution in [2.24, 2.45) is 7.05 Å². The van der Waals surface area contributed by atoms with E-state index in [0.29, 0.717) is 23.1 Å². The van der Waals surface area contributed by atoms with Crippen LogP contribution in [-0.2, 0) is 32.5 Å². The molecule has 2 heterocycles. The molecule has 0 spiro atoms. The number of hydrogen-bond acceptors (Lipinski definition) is 2. The third-order valence-corrected chi connectivity index (χ3v) is 5.53. The molecule has 4 rings (SSSR count). The van der Waals surface area contributed by atoms with Crippen LogP contribution in [0.4, 0.5) is 26.3 Å². The molecule has 0 saturated heterocycles. The van der Waals surface area contributed by atoms with Gasteiger partial charge in [0.25, 0.3) is 5.91 Å². The van der Waals surface area contributed by atoms with Crippen molar-refractivity contribution in [3.8, 4) is 0 Å². The van der Waals surface area contributed by atoms with Crippen LogP contribution in [0, 0.1) is 0 Å². The van der Waals surface area contributed by atoms with Crippen LogP contribution >= 0.6 is 0 Å². The van der Waals surface area contributed by atoms with E-state index in [2.05, 4.69) is 4.98 Å². The van der Waals surface area contributed by atoms with Gasteiger partial charge in [0.15, 0.2) is 0 Å². The summed E-state index contributed by atoms with van der Waals surface area (Å²) in [5.74, 6) is -0.531. The van der Waals surface area contributed by atoms with Crippen LogP contribution < -0.4 is 0 Å². The number of aromatic nitrogens is 2. The Balaban J connectivity index is 1.79. The van der Waals surface area contributed by atoms with Gasteiger partial charge in [0, 0.05) is 49.6 Å². The van der Waals surface area contributed by atoms with E-state index in [-0.39, 0.29) is 23.7 Å². The number of para-hydroxylation sites is 1. The van der Waals surface area contributed by atoms with Gasteiger partial charge >= 0.3 is 12.4 Å². The van der Waals surface area contributed by atoms with E-state index in [4.69, 9.17) is 0 Å². The molecule has 0 atom stereocenters. The summed E-state index contributed by atoms with van der Waals surface area (Å²) in [4.78, 5) is 18.8.